The third kappa shape index (κ3) is 4.12. The molecule has 1 aliphatic rings. The van der Waals surface area contributed by atoms with E-state index in [4.69, 9.17) is 14.0 Å². The molecule has 0 bridgehead atoms. The fraction of sp³-hybridized carbons (Fsp3) is 0.103. The van der Waals surface area contributed by atoms with Crippen molar-refractivity contribution in [3.8, 4) is 22.6 Å². The molecule has 0 unspecified atom stereocenters. The molecule has 0 atom stereocenters. The Kier molecular flexibility index (Phi) is 5.96. The van der Waals surface area contributed by atoms with E-state index in [0.29, 0.717) is 46.8 Å². The van der Waals surface area contributed by atoms with E-state index in [1.54, 1.807) is 48.6 Å². The van der Waals surface area contributed by atoms with Crippen LogP contribution in [0.25, 0.3) is 33.1 Å². The van der Waals surface area contributed by atoms with E-state index >= 15 is 0 Å². The average molecular weight is 508 g/mol. The van der Waals surface area contributed by atoms with Gasteiger partial charge in [-0.05, 0) is 40.9 Å². The summed E-state index contributed by atoms with van der Waals surface area (Å²) in [6.07, 6.45) is 0. The van der Waals surface area contributed by atoms with Gasteiger partial charge in [0, 0.05) is 11.1 Å². The molecule has 8 nitrogen and oxygen atoms in total. The largest absolute Gasteiger partial charge is 0.496 e. The topological polar surface area (TPSA) is 111 Å². The van der Waals surface area contributed by atoms with Crippen molar-refractivity contribution in [2.45, 2.75) is 13.1 Å². The number of methoxy groups -OCH3 is 1. The van der Waals surface area contributed by atoms with E-state index in [-0.39, 0.29) is 5.56 Å². The number of hydrogen-bond donors (Lipinski definition) is 3. The second-order valence-electron chi connectivity index (χ2n) is 9.11. The van der Waals surface area contributed by atoms with Crippen LogP contribution in [-0.4, -0.2) is 40.4 Å². The Hall–Kier alpha value is -4.44. The minimum Gasteiger partial charge on any atom is -0.496 e. The summed E-state index contributed by atoms with van der Waals surface area (Å²) in [7, 11) is -0.00891. The Bertz CT molecular complexity index is 1720. The number of hydroxylamine groups is 2. The van der Waals surface area contributed by atoms with Crippen LogP contribution in [0.1, 0.15) is 21.5 Å². The molecule has 0 saturated heterocycles. The van der Waals surface area contributed by atoms with Gasteiger partial charge in [0.05, 0.1) is 48.7 Å². The van der Waals surface area contributed by atoms with Gasteiger partial charge in [-0.15, -0.1) is 5.06 Å². The van der Waals surface area contributed by atoms with Gasteiger partial charge in [0.1, 0.15) is 5.75 Å². The predicted molar refractivity (Wildman–Crippen MR) is 143 cm³/mol. The molecule has 0 spiro atoms. The first-order chi connectivity index (χ1) is 18.4. The minimum absolute atomic E-state index is 0.190. The fourth-order valence-electron chi connectivity index (χ4n) is 5.03. The zero-order valence-electron chi connectivity index (χ0n) is 20.4. The maximum Gasteiger partial charge on any atom is 0.488 e. The lowest BCUT2D eigenvalue weighted by Gasteiger charge is -2.16. The number of nitrogens with zero attached hydrogens (tertiary/aromatic N) is 1. The first-order valence-electron chi connectivity index (χ1n) is 12.0. The number of fused-ring (bicyclic) bond motifs is 3. The average Bonchev–Trinajstić information content (AvgIpc) is 3.31. The molecule has 4 aromatic carbocycles. The summed E-state index contributed by atoms with van der Waals surface area (Å²) in [5.41, 5.74) is 4.65. The van der Waals surface area contributed by atoms with Crippen LogP contribution in [0.5, 0.6) is 11.5 Å². The lowest BCUT2D eigenvalue weighted by atomic mass is 9.77. The number of benzene rings is 4. The van der Waals surface area contributed by atoms with Gasteiger partial charge in [-0.25, -0.2) is 9.21 Å². The molecular weight excluding hydrogens is 485 g/mol. The third-order valence-corrected chi connectivity index (χ3v) is 6.79. The highest BCUT2D eigenvalue weighted by atomic mass is 16.7. The summed E-state index contributed by atoms with van der Waals surface area (Å²) in [5, 5.41) is 32.7. The zero-order valence-corrected chi connectivity index (χ0v) is 20.4. The number of rotatable bonds is 6. The first kappa shape index (κ1) is 23.9. The second-order valence-corrected chi connectivity index (χ2v) is 9.11. The molecular formula is C29H23BNO7+. The zero-order chi connectivity index (χ0) is 26.4. The van der Waals surface area contributed by atoms with E-state index < -0.39 is 13.1 Å². The molecule has 5 aromatic rings. The maximum absolute atomic E-state index is 12.1. The van der Waals surface area contributed by atoms with Gasteiger partial charge >= 0.3 is 24.3 Å². The summed E-state index contributed by atoms with van der Waals surface area (Å²) in [6.45, 7) is 0.783. The summed E-state index contributed by atoms with van der Waals surface area (Å²) >= 11 is 0. The fourth-order valence-corrected chi connectivity index (χ4v) is 5.03. The highest BCUT2D eigenvalue weighted by molar-refractivity contribution is 6.59. The number of carbonyl (C=O) groups is 1. The minimum atomic E-state index is -1.58. The van der Waals surface area contributed by atoms with Crippen LogP contribution < -0.4 is 15.0 Å². The normalized spacial score (nSPS) is 12.9. The molecule has 2 heterocycles. The van der Waals surface area contributed by atoms with Crippen molar-refractivity contribution in [2.75, 3.05) is 7.11 Å². The monoisotopic (exact) mass is 508 g/mol. The maximum atomic E-state index is 12.1. The molecule has 0 radical (unpaired) electrons. The van der Waals surface area contributed by atoms with Crippen molar-refractivity contribution in [2.24, 2.45) is 0 Å². The number of ether oxygens (including phenoxy) is 1. The lowest BCUT2D eigenvalue weighted by Crippen LogP contribution is -2.35. The number of carboxylic acids is 1. The molecule has 6 rings (SSSR count). The highest BCUT2D eigenvalue weighted by Crippen LogP contribution is 2.42. The van der Waals surface area contributed by atoms with E-state index in [1.165, 1.54) is 0 Å². The number of carboxylic acid groups (broad SMARTS) is 1. The SMILES string of the molecule is COc1ccc2c(-c3ccccc3C(=O)O)c3cc4c(cc3[o+]c2c1)ON(Cc1ccccc1B(O)O)C4. The van der Waals surface area contributed by atoms with Crippen molar-refractivity contribution >= 4 is 40.5 Å². The van der Waals surface area contributed by atoms with Gasteiger partial charge in [-0.2, -0.15) is 0 Å². The molecule has 38 heavy (non-hydrogen) atoms. The molecule has 188 valence electrons. The standard InChI is InChI=1S/C29H22BNO7/c1-36-19-10-11-22-26(13-19)37-27-14-25-18(12-23(27)28(22)20-7-3-4-8-21(20)29(32)33)16-31(38-25)15-17-6-2-5-9-24(17)30(34)35/h2-14,34-35H,15-16H2,1H3/p+1. The molecule has 0 saturated carbocycles. The quantitative estimate of drug-likeness (QED) is 0.178. The van der Waals surface area contributed by atoms with E-state index in [0.717, 1.165) is 27.5 Å². The molecule has 9 heteroatoms. The first-order valence-corrected chi connectivity index (χ1v) is 12.0. The van der Waals surface area contributed by atoms with Crippen LogP contribution in [0, 0.1) is 0 Å². The van der Waals surface area contributed by atoms with Crippen LogP contribution in [0.15, 0.2) is 83.3 Å². The van der Waals surface area contributed by atoms with Gasteiger partial charge in [0.15, 0.2) is 5.75 Å². The van der Waals surface area contributed by atoms with Gasteiger partial charge in [-0.1, -0.05) is 42.5 Å². The third-order valence-electron chi connectivity index (χ3n) is 6.79. The summed E-state index contributed by atoms with van der Waals surface area (Å²) in [6, 6.07) is 23.3. The van der Waals surface area contributed by atoms with E-state index in [2.05, 4.69) is 0 Å². The number of aromatic carboxylic acids is 1. The Morgan fingerprint density at radius 3 is 2.55 bits per heavy atom. The van der Waals surface area contributed by atoms with Gasteiger partial charge < -0.3 is 24.7 Å². The summed E-state index contributed by atoms with van der Waals surface area (Å²) in [5.74, 6) is 0.214. The van der Waals surface area contributed by atoms with Crippen molar-refractivity contribution < 1.29 is 33.9 Å². The van der Waals surface area contributed by atoms with Crippen LogP contribution in [0.2, 0.25) is 0 Å². The summed E-state index contributed by atoms with van der Waals surface area (Å²) in [4.78, 5) is 18.3. The van der Waals surface area contributed by atoms with Gasteiger partial charge in [0.2, 0.25) is 0 Å². The van der Waals surface area contributed by atoms with E-state index in [9.17, 15) is 19.9 Å². The second kappa shape index (κ2) is 9.46. The summed E-state index contributed by atoms with van der Waals surface area (Å²) < 4.78 is 11.7. The van der Waals surface area contributed by atoms with Crippen molar-refractivity contribution in [3.05, 3.63) is 95.6 Å². The Morgan fingerprint density at radius 1 is 1.00 bits per heavy atom. The van der Waals surface area contributed by atoms with Crippen LogP contribution in [0.4, 0.5) is 0 Å². The van der Waals surface area contributed by atoms with Crippen LogP contribution in [0.3, 0.4) is 0 Å². The molecule has 0 fully saturated rings. The van der Waals surface area contributed by atoms with Crippen molar-refractivity contribution in [1.82, 2.24) is 5.06 Å². The molecule has 1 aromatic heterocycles. The van der Waals surface area contributed by atoms with Crippen LogP contribution in [-0.2, 0) is 13.1 Å². The Labute approximate surface area is 218 Å². The van der Waals surface area contributed by atoms with Gasteiger partial charge in [-0.3, -0.25) is 0 Å². The highest BCUT2D eigenvalue weighted by Gasteiger charge is 2.30. The Balaban J connectivity index is 1.51. The lowest BCUT2D eigenvalue weighted by molar-refractivity contribution is -0.0511. The molecule has 3 N–H and O–H groups in total. The Morgan fingerprint density at radius 2 is 1.76 bits per heavy atom. The predicted octanol–water partition coefficient (Wildman–Crippen LogP) is 4.23. The molecule has 0 amide bonds. The van der Waals surface area contributed by atoms with Gasteiger partial charge in [0.25, 0.3) is 0 Å². The molecule has 0 aliphatic carbocycles. The van der Waals surface area contributed by atoms with Crippen molar-refractivity contribution in [3.63, 3.8) is 0 Å². The van der Waals surface area contributed by atoms with E-state index in [1.807, 2.05) is 42.5 Å². The number of hydrogen-bond acceptors (Lipinski definition) is 6. The smallest absolute Gasteiger partial charge is 0.488 e. The van der Waals surface area contributed by atoms with Crippen LogP contribution >= 0.6 is 0 Å². The molecule has 1 aliphatic heterocycles. The van der Waals surface area contributed by atoms with Crippen molar-refractivity contribution in [1.29, 1.82) is 0 Å².